The Hall–Kier alpha value is -1.22. The highest BCUT2D eigenvalue weighted by molar-refractivity contribution is 7.13. The normalized spacial score (nSPS) is 10.1. The molecular formula is C9H7N2S. The van der Waals surface area contributed by atoms with Gasteiger partial charge in [-0.2, -0.15) is 0 Å². The number of aromatic nitrogens is 2. The Morgan fingerprint density at radius 1 is 1.42 bits per heavy atom. The van der Waals surface area contributed by atoms with E-state index in [0.29, 0.717) is 0 Å². The van der Waals surface area contributed by atoms with E-state index < -0.39 is 0 Å². The highest BCUT2D eigenvalue weighted by atomic mass is 32.1. The van der Waals surface area contributed by atoms with E-state index in [1.54, 1.807) is 17.5 Å². The maximum Gasteiger partial charge on any atom is 0.125 e. The van der Waals surface area contributed by atoms with Crippen LogP contribution >= 0.6 is 11.3 Å². The first-order chi connectivity index (χ1) is 5.86. The molecule has 2 aromatic rings. The zero-order chi connectivity index (χ0) is 8.39. The monoisotopic (exact) mass is 175 g/mol. The van der Waals surface area contributed by atoms with E-state index in [4.69, 9.17) is 0 Å². The van der Waals surface area contributed by atoms with Gasteiger partial charge in [-0.3, -0.25) is 4.98 Å². The fraction of sp³-hybridized carbons (Fsp3) is 0.111. The molecule has 0 saturated carbocycles. The van der Waals surface area contributed by atoms with Gasteiger partial charge in [-0.25, -0.2) is 4.98 Å². The molecule has 2 rings (SSSR count). The lowest BCUT2D eigenvalue weighted by atomic mass is 10.3. The highest BCUT2D eigenvalue weighted by Crippen LogP contribution is 2.19. The zero-order valence-electron chi connectivity index (χ0n) is 6.61. The quantitative estimate of drug-likeness (QED) is 0.664. The minimum Gasteiger partial charge on any atom is -0.251 e. The number of hydrogen-bond acceptors (Lipinski definition) is 3. The summed E-state index contributed by atoms with van der Waals surface area (Å²) >= 11 is 1.60. The van der Waals surface area contributed by atoms with Gasteiger partial charge in [0.25, 0.3) is 0 Å². The second-order valence-electron chi connectivity index (χ2n) is 2.45. The molecule has 59 valence electrons. The van der Waals surface area contributed by atoms with Crippen LogP contribution in [-0.2, 0) is 0 Å². The molecule has 0 bridgehead atoms. The number of rotatable bonds is 1. The molecular weight excluding hydrogens is 168 g/mol. The summed E-state index contributed by atoms with van der Waals surface area (Å²) in [4.78, 5) is 8.24. The minimum atomic E-state index is 0.968. The summed E-state index contributed by atoms with van der Waals surface area (Å²) in [5.41, 5.74) is 1.95. The van der Waals surface area contributed by atoms with Crippen LogP contribution in [0.15, 0.2) is 23.7 Å². The molecule has 2 nitrogen and oxygen atoms in total. The molecule has 0 aliphatic rings. The molecule has 0 fully saturated rings. The Balaban J connectivity index is 2.43. The molecule has 0 N–H and O–H groups in total. The van der Waals surface area contributed by atoms with Gasteiger partial charge in [0, 0.05) is 22.8 Å². The van der Waals surface area contributed by atoms with Crippen LogP contribution < -0.4 is 0 Å². The van der Waals surface area contributed by atoms with Crippen molar-refractivity contribution in [1.82, 2.24) is 9.97 Å². The summed E-state index contributed by atoms with van der Waals surface area (Å²) in [6.45, 7) is 1.95. The average molecular weight is 175 g/mol. The Bertz CT molecular complexity index is 351. The van der Waals surface area contributed by atoms with Crippen molar-refractivity contribution in [3.05, 3.63) is 35.6 Å². The molecule has 0 aliphatic carbocycles. The summed E-state index contributed by atoms with van der Waals surface area (Å²) in [5.74, 6) is 0. The van der Waals surface area contributed by atoms with Crippen molar-refractivity contribution in [2.75, 3.05) is 0 Å². The SMILES string of the molecule is Cc1ccc(-c2nccs2)[c]n1. The van der Waals surface area contributed by atoms with Crippen LogP contribution in [0.2, 0.25) is 0 Å². The Labute approximate surface area is 74.9 Å². The first-order valence-corrected chi connectivity index (χ1v) is 4.49. The van der Waals surface area contributed by atoms with Crippen molar-refractivity contribution in [2.45, 2.75) is 6.92 Å². The number of nitrogens with zero attached hydrogens (tertiary/aromatic N) is 2. The molecule has 0 spiro atoms. The van der Waals surface area contributed by atoms with Gasteiger partial charge in [0.1, 0.15) is 5.01 Å². The molecule has 0 unspecified atom stereocenters. The van der Waals surface area contributed by atoms with Crippen molar-refractivity contribution < 1.29 is 0 Å². The van der Waals surface area contributed by atoms with E-state index in [1.807, 2.05) is 24.4 Å². The Morgan fingerprint density at radius 3 is 2.92 bits per heavy atom. The van der Waals surface area contributed by atoms with Crippen LogP contribution in [0.5, 0.6) is 0 Å². The van der Waals surface area contributed by atoms with Gasteiger partial charge in [0.2, 0.25) is 0 Å². The van der Waals surface area contributed by atoms with Crippen LogP contribution in [0.4, 0.5) is 0 Å². The molecule has 0 saturated heterocycles. The van der Waals surface area contributed by atoms with Crippen LogP contribution in [0.3, 0.4) is 0 Å². The van der Waals surface area contributed by atoms with Crippen LogP contribution in [0, 0.1) is 13.1 Å². The maximum atomic E-state index is 4.16. The van der Waals surface area contributed by atoms with Gasteiger partial charge in [-0.1, -0.05) is 0 Å². The predicted octanol–water partition coefficient (Wildman–Crippen LogP) is 2.31. The maximum absolute atomic E-state index is 4.16. The molecule has 3 heteroatoms. The van der Waals surface area contributed by atoms with Crippen molar-refractivity contribution >= 4 is 11.3 Å². The Kier molecular flexibility index (Phi) is 1.87. The molecule has 0 aromatic carbocycles. The molecule has 1 radical (unpaired) electrons. The van der Waals surface area contributed by atoms with Gasteiger partial charge in [-0.15, -0.1) is 11.3 Å². The van der Waals surface area contributed by atoms with Crippen molar-refractivity contribution in [2.24, 2.45) is 0 Å². The Morgan fingerprint density at radius 2 is 2.33 bits per heavy atom. The summed E-state index contributed by atoms with van der Waals surface area (Å²) in [7, 11) is 0. The van der Waals surface area contributed by atoms with Crippen LogP contribution in [-0.4, -0.2) is 9.97 Å². The van der Waals surface area contributed by atoms with E-state index in [9.17, 15) is 0 Å². The van der Waals surface area contributed by atoms with Crippen LogP contribution in [0.25, 0.3) is 10.6 Å². The number of hydrogen-bond donors (Lipinski definition) is 0. The van der Waals surface area contributed by atoms with E-state index in [-0.39, 0.29) is 0 Å². The van der Waals surface area contributed by atoms with E-state index in [2.05, 4.69) is 16.2 Å². The molecule has 2 heterocycles. The summed E-state index contributed by atoms with van der Waals surface area (Å²) in [6.07, 6.45) is 4.72. The third kappa shape index (κ3) is 1.36. The fourth-order valence-corrected chi connectivity index (χ4v) is 1.52. The summed E-state index contributed by atoms with van der Waals surface area (Å²) in [6, 6.07) is 3.95. The standard InChI is InChI=1S/C9H7N2S/c1-7-2-3-8(6-11-7)9-10-4-5-12-9/h2-5H,1H3. The van der Waals surface area contributed by atoms with Gasteiger partial charge in [-0.05, 0) is 19.1 Å². The van der Waals surface area contributed by atoms with Gasteiger partial charge < -0.3 is 0 Å². The molecule has 12 heavy (non-hydrogen) atoms. The topological polar surface area (TPSA) is 25.8 Å². The summed E-state index contributed by atoms with van der Waals surface area (Å²) in [5, 5.41) is 2.92. The zero-order valence-corrected chi connectivity index (χ0v) is 7.43. The number of pyridine rings is 1. The van der Waals surface area contributed by atoms with Gasteiger partial charge in [0.15, 0.2) is 0 Å². The van der Waals surface area contributed by atoms with Crippen molar-refractivity contribution in [1.29, 1.82) is 0 Å². The molecule has 0 atom stereocenters. The van der Waals surface area contributed by atoms with E-state index >= 15 is 0 Å². The van der Waals surface area contributed by atoms with E-state index in [1.165, 1.54) is 0 Å². The fourth-order valence-electron chi connectivity index (χ4n) is 0.902. The highest BCUT2D eigenvalue weighted by Gasteiger charge is 1.99. The molecule has 0 aliphatic heterocycles. The molecule has 2 aromatic heterocycles. The second-order valence-corrected chi connectivity index (χ2v) is 3.34. The lowest BCUT2D eigenvalue weighted by molar-refractivity contribution is 1.19. The average Bonchev–Trinajstić information content (AvgIpc) is 2.58. The summed E-state index contributed by atoms with van der Waals surface area (Å²) < 4.78 is 0. The van der Waals surface area contributed by atoms with Crippen molar-refractivity contribution in [3.8, 4) is 10.6 Å². The van der Waals surface area contributed by atoms with E-state index in [0.717, 1.165) is 16.3 Å². The van der Waals surface area contributed by atoms with Gasteiger partial charge >= 0.3 is 0 Å². The smallest absolute Gasteiger partial charge is 0.125 e. The molecule has 0 amide bonds. The third-order valence-corrected chi connectivity index (χ3v) is 2.31. The largest absolute Gasteiger partial charge is 0.251 e. The lowest BCUT2D eigenvalue weighted by Gasteiger charge is -1.93. The first kappa shape index (κ1) is 7.43. The lowest BCUT2D eigenvalue weighted by Crippen LogP contribution is -1.81. The van der Waals surface area contributed by atoms with Crippen LogP contribution in [0.1, 0.15) is 5.69 Å². The predicted molar refractivity (Wildman–Crippen MR) is 48.9 cm³/mol. The third-order valence-electron chi connectivity index (χ3n) is 1.51. The number of aryl methyl sites for hydroxylation is 1. The number of thiazole rings is 1. The second kappa shape index (κ2) is 3.03. The first-order valence-electron chi connectivity index (χ1n) is 3.61. The van der Waals surface area contributed by atoms with Crippen molar-refractivity contribution in [3.63, 3.8) is 0 Å². The minimum absolute atomic E-state index is 0.968. The van der Waals surface area contributed by atoms with Gasteiger partial charge in [0.05, 0.1) is 6.20 Å².